The molecule has 4 nitrogen and oxygen atoms in total. The molecular formula is C17H10F3NO3. The van der Waals surface area contributed by atoms with Crippen LogP contribution in [0.15, 0.2) is 59.2 Å². The summed E-state index contributed by atoms with van der Waals surface area (Å²) in [5.41, 5.74) is 0.122. The zero-order valence-electron chi connectivity index (χ0n) is 12.1. The number of ether oxygens (including phenoxy) is 2. The van der Waals surface area contributed by atoms with E-state index in [1.807, 2.05) is 0 Å². The quantitative estimate of drug-likeness (QED) is 0.632. The molecule has 0 radical (unpaired) electrons. The Kier molecular flexibility index (Phi) is 4.33. The van der Waals surface area contributed by atoms with Crippen LogP contribution in [-0.2, 0) is 9.53 Å². The highest BCUT2D eigenvalue weighted by molar-refractivity contribution is 6.13. The van der Waals surface area contributed by atoms with E-state index in [1.165, 1.54) is 42.5 Å². The summed E-state index contributed by atoms with van der Waals surface area (Å²) in [6, 6.07) is 11.6. The van der Waals surface area contributed by atoms with Crippen LogP contribution < -0.4 is 4.74 Å². The number of para-hydroxylation sites is 1. The number of carbonyl (C=O) groups is 1. The highest BCUT2D eigenvalue weighted by Crippen LogP contribution is 2.26. The van der Waals surface area contributed by atoms with Gasteiger partial charge in [-0.25, -0.2) is 14.2 Å². The van der Waals surface area contributed by atoms with Gasteiger partial charge in [0, 0.05) is 5.56 Å². The Bertz CT molecular complexity index is 846. The molecule has 0 N–H and O–H groups in total. The van der Waals surface area contributed by atoms with Crippen LogP contribution in [0.2, 0.25) is 0 Å². The molecule has 0 atom stereocenters. The van der Waals surface area contributed by atoms with E-state index < -0.39 is 18.4 Å². The van der Waals surface area contributed by atoms with Gasteiger partial charge in [-0.05, 0) is 24.3 Å². The molecular weight excluding hydrogens is 323 g/mol. The number of carbonyl (C=O) groups excluding carboxylic acids is 1. The maximum absolute atomic E-state index is 13.6. The molecule has 0 amide bonds. The first-order chi connectivity index (χ1) is 11.5. The number of aliphatic imine (C=N–C) groups is 1. The zero-order valence-corrected chi connectivity index (χ0v) is 12.1. The van der Waals surface area contributed by atoms with Gasteiger partial charge in [-0.3, -0.25) is 0 Å². The number of benzene rings is 2. The van der Waals surface area contributed by atoms with Gasteiger partial charge in [0.2, 0.25) is 5.90 Å². The molecule has 0 aliphatic carbocycles. The van der Waals surface area contributed by atoms with E-state index in [1.54, 1.807) is 12.1 Å². The van der Waals surface area contributed by atoms with Crippen LogP contribution in [0.5, 0.6) is 5.75 Å². The number of rotatable bonds is 4. The average molecular weight is 333 g/mol. The fourth-order valence-corrected chi connectivity index (χ4v) is 2.11. The maximum Gasteiger partial charge on any atom is 0.387 e. The predicted molar refractivity (Wildman–Crippen MR) is 80.1 cm³/mol. The lowest BCUT2D eigenvalue weighted by atomic mass is 10.2. The van der Waals surface area contributed by atoms with Gasteiger partial charge in [0.15, 0.2) is 5.70 Å². The van der Waals surface area contributed by atoms with Gasteiger partial charge in [0.1, 0.15) is 11.6 Å². The molecule has 1 aliphatic heterocycles. The number of esters is 1. The van der Waals surface area contributed by atoms with Gasteiger partial charge in [-0.15, -0.1) is 0 Å². The Hall–Kier alpha value is -3.09. The Morgan fingerprint density at radius 1 is 1.08 bits per heavy atom. The van der Waals surface area contributed by atoms with Crippen molar-refractivity contribution in [2.75, 3.05) is 0 Å². The lowest BCUT2D eigenvalue weighted by Crippen LogP contribution is -2.10. The van der Waals surface area contributed by atoms with Crippen LogP contribution >= 0.6 is 0 Å². The number of cyclic esters (lactones) is 1. The SMILES string of the molecule is O=C1OC(c2ccccc2OC(F)F)=N/C1=C\c1ccccc1F. The van der Waals surface area contributed by atoms with E-state index in [2.05, 4.69) is 9.73 Å². The number of hydrogen-bond donors (Lipinski definition) is 0. The van der Waals surface area contributed by atoms with Gasteiger partial charge in [-0.2, -0.15) is 8.78 Å². The minimum atomic E-state index is -3.03. The zero-order chi connectivity index (χ0) is 17.1. The minimum Gasteiger partial charge on any atom is -0.434 e. The highest BCUT2D eigenvalue weighted by atomic mass is 19.3. The Morgan fingerprint density at radius 3 is 2.54 bits per heavy atom. The maximum atomic E-state index is 13.6. The van der Waals surface area contributed by atoms with Crippen molar-refractivity contribution in [2.24, 2.45) is 4.99 Å². The monoisotopic (exact) mass is 333 g/mol. The summed E-state index contributed by atoms with van der Waals surface area (Å²) in [7, 11) is 0. The molecule has 0 unspecified atom stereocenters. The van der Waals surface area contributed by atoms with Crippen molar-refractivity contribution in [1.82, 2.24) is 0 Å². The number of nitrogens with zero attached hydrogens (tertiary/aromatic N) is 1. The first-order valence-corrected chi connectivity index (χ1v) is 6.86. The molecule has 24 heavy (non-hydrogen) atoms. The van der Waals surface area contributed by atoms with Gasteiger partial charge < -0.3 is 9.47 Å². The van der Waals surface area contributed by atoms with E-state index in [9.17, 15) is 18.0 Å². The van der Waals surface area contributed by atoms with Crippen LogP contribution in [0.1, 0.15) is 11.1 Å². The first-order valence-electron chi connectivity index (χ1n) is 6.86. The fraction of sp³-hybridized carbons (Fsp3) is 0.0588. The smallest absolute Gasteiger partial charge is 0.387 e. The fourth-order valence-electron chi connectivity index (χ4n) is 2.11. The molecule has 0 saturated heterocycles. The largest absolute Gasteiger partial charge is 0.434 e. The number of halogens is 3. The van der Waals surface area contributed by atoms with Gasteiger partial charge >= 0.3 is 12.6 Å². The predicted octanol–water partition coefficient (Wildman–Crippen LogP) is 3.77. The minimum absolute atomic E-state index is 0.100. The molecule has 0 bridgehead atoms. The van der Waals surface area contributed by atoms with E-state index in [-0.39, 0.29) is 28.5 Å². The third-order valence-electron chi connectivity index (χ3n) is 3.15. The third kappa shape index (κ3) is 3.29. The topological polar surface area (TPSA) is 47.9 Å². The molecule has 0 aromatic heterocycles. The van der Waals surface area contributed by atoms with Crippen LogP contribution in [0, 0.1) is 5.82 Å². The van der Waals surface area contributed by atoms with Crippen LogP contribution in [0.25, 0.3) is 6.08 Å². The molecule has 7 heteroatoms. The second-order valence-electron chi connectivity index (χ2n) is 4.73. The number of alkyl halides is 2. The Morgan fingerprint density at radius 2 is 1.79 bits per heavy atom. The second kappa shape index (κ2) is 6.57. The van der Waals surface area contributed by atoms with Gasteiger partial charge in [0.05, 0.1) is 5.56 Å². The van der Waals surface area contributed by atoms with E-state index in [4.69, 9.17) is 4.74 Å². The molecule has 3 rings (SSSR count). The molecule has 1 aliphatic rings. The van der Waals surface area contributed by atoms with Crippen molar-refractivity contribution in [2.45, 2.75) is 6.61 Å². The molecule has 2 aromatic rings. The number of hydrogen-bond acceptors (Lipinski definition) is 4. The lowest BCUT2D eigenvalue weighted by Gasteiger charge is -2.08. The second-order valence-corrected chi connectivity index (χ2v) is 4.73. The molecule has 0 saturated carbocycles. The first kappa shape index (κ1) is 15.8. The van der Waals surface area contributed by atoms with Crippen molar-refractivity contribution in [3.05, 3.63) is 71.2 Å². The lowest BCUT2D eigenvalue weighted by molar-refractivity contribution is -0.129. The molecule has 1 heterocycles. The standard InChI is InChI=1S/C17H10F3NO3/c18-12-7-3-1-5-10(12)9-13-16(22)24-15(21-13)11-6-2-4-8-14(11)23-17(19)20/h1-9,17H/b13-9-. The van der Waals surface area contributed by atoms with Crippen LogP contribution in [0.3, 0.4) is 0 Å². The van der Waals surface area contributed by atoms with E-state index in [0.29, 0.717) is 0 Å². The third-order valence-corrected chi connectivity index (χ3v) is 3.15. The summed E-state index contributed by atoms with van der Waals surface area (Å²) >= 11 is 0. The summed E-state index contributed by atoms with van der Waals surface area (Å²) in [5.74, 6) is -1.69. The van der Waals surface area contributed by atoms with Crippen molar-refractivity contribution in [3.63, 3.8) is 0 Å². The highest BCUT2D eigenvalue weighted by Gasteiger charge is 2.27. The van der Waals surface area contributed by atoms with Crippen molar-refractivity contribution >= 4 is 17.9 Å². The van der Waals surface area contributed by atoms with Crippen LogP contribution in [0.4, 0.5) is 13.2 Å². The summed E-state index contributed by atoms with van der Waals surface area (Å²) in [6.45, 7) is -3.03. The summed E-state index contributed by atoms with van der Waals surface area (Å²) < 4.78 is 47.9. The molecule has 0 fully saturated rings. The van der Waals surface area contributed by atoms with E-state index >= 15 is 0 Å². The van der Waals surface area contributed by atoms with Crippen molar-refractivity contribution in [1.29, 1.82) is 0 Å². The van der Waals surface area contributed by atoms with Gasteiger partial charge in [-0.1, -0.05) is 30.3 Å². The van der Waals surface area contributed by atoms with Crippen molar-refractivity contribution in [3.8, 4) is 5.75 Å². The van der Waals surface area contributed by atoms with Gasteiger partial charge in [0.25, 0.3) is 0 Å². The summed E-state index contributed by atoms with van der Waals surface area (Å²) in [6.07, 6.45) is 1.22. The van der Waals surface area contributed by atoms with Crippen molar-refractivity contribution < 1.29 is 27.4 Å². The average Bonchev–Trinajstić information content (AvgIpc) is 2.90. The molecule has 2 aromatic carbocycles. The molecule has 122 valence electrons. The Balaban J connectivity index is 1.97. The molecule has 0 spiro atoms. The Labute approximate surface area is 134 Å². The van der Waals surface area contributed by atoms with E-state index in [0.717, 1.165) is 0 Å². The summed E-state index contributed by atoms with van der Waals surface area (Å²) in [4.78, 5) is 15.8. The normalized spacial score (nSPS) is 15.6. The van der Waals surface area contributed by atoms with Crippen LogP contribution in [-0.4, -0.2) is 18.5 Å². The summed E-state index contributed by atoms with van der Waals surface area (Å²) in [5, 5.41) is 0.